The number of sulfonamides is 1. The van der Waals surface area contributed by atoms with Crippen LogP contribution in [0.3, 0.4) is 0 Å². The average molecular weight is 430 g/mol. The van der Waals surface area contributed by atoms with Crippen LogP contribution >= 0.6 is 0 Å². The third kappa shape index (κ3) is 5.01. The molecule has 8 heteroatoms. The summed E-state index contributed by atoms with van der Waals surface area (Å²) in [5.41, 5.74) is 1.96. The van der Waals surface area contributed by atoms with Crippen LogP contribution in [0.25, 0.3) is 0 Å². The van der Waals surface area contributed by atoms with Crippen molar-refractivity contribution in [2.24, 2.45) is 0 Å². The molecule has 0 saturated carbocycles. The summed E-state index contributed by atoms with van der Waals surface area (Å²) < 4.78 is 55.0. The lowest BCUT2D eigenvalue weighted by molar-refractivity contribution is 0.0949. The van der Waals surface area contributed by atoms with Crippen LogP contribution in [0.15, 0.2) is 65.6 Å². The predicted molar refractivity (Wildman–Crippen MR) is 111 cm³/mol. The van der Waals surface area contributed by atoms with Crippen molar-refractivity contribution in [3.63, 3.8) is 0 Å². The highest BCUT2D eigenvalue weighted by Crippen LogP contribution is 2.20. The second-order valence-corrected chi connectivity index (χ2v) is 8.55. The number of hydrogen-bond donors (Lipinski definition) is 2. The summed E-state index contributed by atoms with van der Waals surface area (Å²) in [5.74, 6) is -1.86. The smallest absolute Gasteiger partial charge is 0.261 e. The van der Waals surface area contributed by atoms with Crippen molar-refractivity contribution in [3.8, 4) is 0 Å². The maximum Gasteiger partial charge on any atom is 0.261 e. The van der Waals surface area contributed by atoms with Crippen LogP contribution in [0.5, 0.6) is 0 Å². The number of anilines is 1. The van der Waals surface area contributed by atoms with E-state index < -0.39 is 27.6 Å². The monoisotopic (exact) mass is 430 g/mol. The molecule has 0 aliphatic carbocycles. The summed E-state index contributed by atoms with van der Waals surface area (Å²) in [6, 6.07) is 14.0. The number of amides is 1. The van der Waals surface area contributed by atoms with Crippen molar-refractivity contribution in [2.45, 2.75) is 25.3 Å². The van der Waals surface area contributed by atoms with E-state index in [-0.39, 0.29) is 22.6 Å². The summed E-state index contributed by atoms with van der Waals surface area (Å²) in [7, 11) is -3.92. The second-order valence-electron chi connectivity index (χ2n) is 6.87. The number of rotatable bonds is 6. The number of benzene rings is 3. The van der Waals surface area contributed by atoms with Gasteiger partial charge in [0.05, 0.1) is 4.90 Å². The first kappa shape index (κ1) is 21.4. The van der Waals surface area contributed by atoms with Crippen molar-refractivity contribution < 1.29 is 22.0 Å². The SMILES string of the molecule is Cc1cccc(NS(=O)(=O)c2ccc(C)c(C(=O)NCc3cc(F)ccc3F)c2)c1. The maximum atomic E-state index is 13.8. The van der Waals surface area contributed by atoms with Gasteiger partial charge >= 0.3 is 0 Å². The minimum Gasteiger partial charge on any atom is -0.348 e. The number of nitrogens with one attached hydrogen (secondary N) is 2. The highest BCUT2D eigenvalue weighted by molar-refractivity contribution is 7.92. The molecule has 0 atom stereocenters. The molecule has 0 saturated heterocycles. The van der Waals surface area contributed by atoms with Gasteiger partial charge in [-0.25, -0.2) is 17.2 Å². The Morgan fingerprint density at radius 1 is 0.967 bits per heavy atom. The predicted octanol–water partition coefficient (Wildman–Crippen LogP) is 4.31. The molecule has 0 bridgehead atoms. The first-order chi connectivity index (χ1) is 14.2. The Bertz CT molecular complexity index is 1210. The Morgan fingerprint density at radius 3 is 2.47 bits per heavy atom. The Hall–Kier alpha value is -3.26. The second kappa shape index (κ2) is 8.62. The van der Waals surface area contributed by atoms with Gasteiger partial charge < -0.3 is 5.32 Å². The molecular weight excluding hydrogens is 410 g/mol. The van der Waals surface area contributed by atoms with Gasteiger partial charge in [0, 0.05) is 23.4 Å². The zero-order valence-electron chi connectivity index (χ0n) is 16.4. The normalized spacial score (nSPS) is 11.2. The number of aryl methyl sites for hydroxylation is 2. The molecule has 3 aromatic rings. The van der Waals surface area contributed by atoms with Crippen LogP contribution in [0.1, 0.15) is 27.0 Å². The van der Waals surface area contributed by atoms with Crippen LogP contribution in [0, 0.1) is 25.5 Å². The topological polar surface area (TPSA) is 75.3 Å². The molecular formula is C22H20F2N2O3S. The zero-order chi connectivity index (χ0) is 21.9. The lowest BCUT2D eigenvalue weighted by atomic mass is 10.1. The standard InChI is InChI=1S/C22H20F2N2O3S/c1-14-4-3-5-18(10-14)26-30(28,29)19-8-6-15(2)20(12-19)22(27)25-13-16-11-17(23)7-9-21(16)24/h3-12,26H,13H2,1-2H3,(H,25,27). The Kier molecular flexibility index (Phi) is 6.17. The van der Waals surface area contributed by atoms with Gasteiger partial charge in [-0.15, -0.1) is 0 Å². The van der Waals surface area contributed by atoms with E-state index in [2.05, 4.69) is 10.0 Å². The largest absolute Gasteiger partial charge is 0.348 e. The van der Waals surface area contributed by atoms with Gasteiger partial charge in [0.1, 0.15) is 11.6 Å². The summed E-state index contributed by atoms with van der Waals surface area (Å²) in [4.78, 5) is 12.5. The maximum absolute atomic E-state index is 13.8. The van der Waals surface area contributed by atoms with Gasteiger partial charge in [-0.1, -0.05) is 18.2 Å². The van der Waals surface area contributed by atoms with E-state index in [4.69, 9.17) is 0 Å². The van der Waals surface area contributed by atoms with Crippen molar-refractivity contribution in [1.29, 1.82) is 0 Å². The molecule has 0 aromatic heterocycles. The van der Waals surface area contributed by atoms with E-state index in [0.29, 0.717) is 11.3 Å². The van der Waals surface area contributed by atoms with Crippen LogP contribution in [0.4, 0.5) is 14.5 Å². The molecule has 3 aromatic carbocycles. The molecule has 5 nitrogen and oxygen atoms in total. The summed E-state index contributed by atoms with van der Waals surface area (Å²) in [6.45, 7) is 3.26. The van der Waals surface area contributed by atoms with Crippen LogP contribution in [-0.4, -0.2) is 14.3 Å². The van der Waals surface area contributed by atoms with E-state index in [1.165, 1.54) is 18.2 Å². The quantitative estimate of drug-likeness (QED) is 0.612. The van der Waals surface area contributed by atoms with E-state index in [0.717, 1.165) is 23.8 Å². The summed E-state index contributed by atoms with van der Waals surface area (Å²) in [6.07, 6.45) is 0. The first-order valence-corrected chi connectivity index (χ1v) is 10.6. The van der Waals surface area contributed by atoms with Crippen LogP contribution in [-0.2, 0) is 16.6 Å². The molecule has 30 heavy (non-hydrogen) atoms. The number of halogens is 2. The Labute approximate surface area is 173 Å². The van der Waals surface area contributed by atoms with Gasteiger partial charge in [-0.3, -0.25) is 9.52 Å². The fraction of sp³-hybridized carbons (Fsp3) is 0.136. The third-order valence-electron chi connectivity index (χ3n) is 4.48. The van der Waals surface area contributed by atoms with Crippen LogP contribution in [0.2, 0.25) is 0 Å². The molecule has 1 amide bonds. The van der Waals surface area contributed by atoms with E-state index in [1.54, 1.807) is 25.1 Å². The molecule has 0 fully saturated rings. The fourth-order valence-electron chi connectivity index (χ4n) is 2.89. The highest BCUT2D eigenvalue weighted by Gasteiger charge is 2.18. The van der Waals surface area contributed by atoms with Crippen molar-refractivity contribution in [2.75, 3.05) is 4.72 Å². The summed E-state index contributed by atoms with van der Waals surface area (Å²) in [5, 5.41) is 2.50. The molecule has 3 rings (SSSR count). The Balaban J connectivity index is 1.81. The van der Waals surface area contributed by atoms with Crippen molar-refractivity contribution >= 4 is 21.6 Å². The van der Waals surface area contributed by atoms with E-state index in [9.17, 15) is 22.0 Å². The zero-order valence-corrected chi connectivity index (χ0v) is 17.2. The molecule has 0 radical (unpaired) electrons. The highest BCUT2D eigenvalue weighted by atomic mass is 32.2. The van der Waals surface area contributed by atoms with Gasteiger partial charge in [0.2, 0.25) is 0 Å². The van der Waals surface area contributed by atoms with Gasteiger partial charge in [-0.2, -0.15) is 0 Å². The van der Waals surface area contributed by atoms with Crippen molar-refractivity contribution in [3.05, 3.63) is 94.6 Å². The third-order valence-corrected chi connectivity index (χ3v) is 5.86. The van der Waals surface area contributed by atoms with Gasteiger partial charge in [-0.05, 0) is 67.4 Å². The lowest BCUT2D eigenvalue weighted by Gasteiger charge is -2.12. The average Bonchev–Trinajstić information content (AvgIpc) is 2.68. The van der Waals surface area contributed by atoms with E-state index in [1.807, 2.05) is 13.0 Å². The molecule has 0 heterocycles. The Morgan fingerprint density at radius 2 is 1.73 bits per heavy atom. The lowest BCUT2D eigenvalue weighted by Crippen LogP contribution is -2.25. The number of hydrogen-bond acceptors (Lipinski definition) is 3. The molecule has 2 N–H and O–H groups in total. The minimum atomic E-state index is -3.92. The summed E-state index contributed by atoms with van der Waals surface area (Å²) >= 11 is 0. The molecule has 0 aliphatic rings. The first-order valence-electron chi connectivity index (χ1n) is 9.08. The fourth-order valence-corrected chi connectivity index (χ4v) is 3.96. The molecule has 156 valence electrons. The van der Waals surface area contributed by atoms with Gasteiger partial charge in [0.15, 0.2) is 0 Å². The molecule has 0 aliphatic heterocycles. The van der Waals surface area contributed by atoms with Crippen molar-refractivity contribution in [1.82, 2.24) is 5.32 Å². The van der Waals surface area contributed by atoms with Crippen LogP contribution < -0.4 is 10.0 Å². The number of carbonyl (C=O) groups is 1. The molecule has 0 spiro atoms. The molecule has 0 unspecified atom stereocenters. The number of carbonyl (C=O) groups excluding carboxylic acids is 1. The van der Waals surface area contributed by atoms with E-state index >= 15 is 0 Å². The minimum absolute atomic E-state index is 0.00843. The van der Waals surface area contributed by atoms with Gasteiger partial charge in [0.25, 0.3) is 15.9 Å².